The van der Waals surface area contributed by atoms with Gasteiger partial charge in [-0.25, -0.2) is 4.79 Å². The van der Waals surface area contributed by atoms with Gasteiger partial charge >= 0.3 is 5.97 Å². The number of carbonyl (C=O) groups excluding carboxylic acids is 1. The van der Waals surface area contributed by atoms with Crippen LogP contribution in [0.3, 0.4) is 0 Å². The van der Waals surface area contributed by atoms with Crippen LogP contribution < -0.4 is 4.74 Å². The maximum atomic E-state index is 11.2. The van der Waals surface area contributed by atoms with Crippen LogP contribution in [0.4, 0.5) is 0 Å². The SMILES string of the molecule is CC(O)C(=O)Oc1ccc2ccccc2c1. The van der Waals surface area contributed by atoms with E-state index in [9.17, 15) is 4.79 Å². The van der Waals surface area contributed by atoms with Crippen molar-refractivity contribution in [3.63, 3.8) is 0 Å². The first-order valence-electron chi connectivity index (χ1n) is 5.05. The van der Waals surface area contributed by atoms with Gasteiger partial charge in [0.15, 0.2) is 0 Å². The Morgan fingerprint density at radius 2 is 1.88 bits per heavy atom. The van der Waals surface area contributed by atoms with Crippen LogP contribution in [0, 0.1) is 0 Å². The van der Waals surface area contributed by atoms with Gasteiger partial charge in [0.2, 0.25) is 0 Å². The summed E-state index contributed by atoms with van der Waals surface area (Å²) >= 11 is 0. The molecule has 0 saturated carbocycles. The molecule has 2 aromatic carbocycles. The minimum Gasteiger partial charge on any atom is -0.425 e. The lowest BCUT2D eigenvalue weighted by molar-refractivity contribution is -0.142. The predicted molar refractivity (Wildman–Crippen MR) is 61.3 cm³/mol. The zero-order chi connectivity index (χ0) is 11.5. The highest BCUT2D eigenvalue weighted by molar-refractivity contribution is 5.85. The molecule has 3 nitrogen and oxygen atoms in total. The fraction of sp³-hybridized carbons (Fsp3) is 0.154. The molecule has 82 valence electrons. The molecule has 0 fully saturated rings. The second-order valence-electron chi connectivity index (χ2n) is 3.61. The fourth-order valence-electron chi connectivity index (χ4n) is 1.43. The molecule has 1 atom stereocenters. The van der Waals surface area contributed by atoms with E-state index in [2.05, 4.69) is 0 Å². The van der Waals surface area contributed by atoms with Crippen LogP contribution >= 0.6 is 0 Å². The summed E-state index contributed by atoms with van der Waals surface area (Å²) in [6.45, 7) is 1.38. The first-order valence-corrected chi connectivity index (χ1v) is 5.05. The van der Waals surface area contributed by atoms with E-state index in [1.807, 2.05) is 30.3 Å². The zero-order valence-corrected chi connectivity index (χ0v) is 8.88. The minimum absolute atomic E-state index is 0.449. The molecule has 16 heavy (non-hydrogen) atoms. The predicted octanol–water partition coefficient (Wildman–Crippen LogP) is 2.13. The van der Waals surface area contributed by atoms with E-state index in [4.69, 9.17) is 9.84 Å². The van der Waals surface area contributed by atoms with Crippen molar-refractivity contribution in [2.75, 3.05) is 0 Å². The van der Waals surface area contributed by atoms with Crippen LogP contribution in [0.1, 0.15) is 6.92 Å². The summed E-state index contributed by atoms with van der Waals surface area (Å²) in [5, 5.41) is 11.1. The van der Waals surface area contributed by atoms with Crippen molar-refractivity contribution in [1.29, 1.82) is 0 Å². The normalized spacial score (nSPS) is 12.4. The molecule has 2 rings (SSSR count). The standard InChI is InChI=1S/C13H12O3/c1-9(14)13(15)16-12-7-6-10-4-2-3-5-11(10)8-12/h2-9,14H,1H3. The zero-order valence-electron chi connectivity index (χ0n) is 8.88. The van der Waals surface area contributed by atoms with Gasteiger partial charge < -0.3 is 9.84 Å². The quantitative estimate of drug-likeness (QED) is 0.618. The molecule has 0 aliphatic rings. The molecule has 0 amide bonds. The van der Waals surface area contributed by atoms with Gasteiger partial charge in [-0.3, -0.25) is 0 Å². The average molecular weight is 216 g/mol. The van der Waals surface area contributed by atoms with Crippen molar-refractivity contribution in [2.45, 2.75) is 13.0 Å². The molecule has 0 aliphatic heterocycles. The number of esters is 1. The number of benzene rings is 2. The summed E-state index contributed by atoms with van der Waals surface area (Å²) in [5.41, 5.74) is 0. The Balaban J connectivity index is 2.29. The largest absolute Gasteiger partial charge is 0.425 e. The van der Waals surface area contributed by atoms with Crippen molar-refractivity contribution < 1.29 is 14.6 Å². The molecule has 0 radical (unpaired) electrons. The van der Waals surface area contributed by atoms with E-state index >= 15 is 0 Å². The summed E-state index contributed by atoms with van der Waals surface area (Å²) in [5.74, 6) is -0.195. The van der Waals surface area contributed by atoms with Gasteiger partial charge in [-0.15, -0.1) is 0 Å². The topological polar surface area (TPSA) is 46.5 Å². The van der Waals surface area contributed by atoms with Crippen LogP contribution in [-0.4, -0.2) is 17.2 Å². The van der Waals surface area contributed by atoms with Crippen molar-refractivity contribution in [1.82, 2.24) is 0 Å². The second-order valence-corrected chi connectivity index (χ2v) is 3.61. The van der Waals surface area contributed by atoms with Crippen LogP contribution in [0.2, 0.25) is 0 Å². The Labute approximate surface area is 93.3 Å². The van der Waals surface area contributed by atoms with Gasteiger partial charge in [-0.1, -0.05) is 30.3 Å². The Bertz CT molecular complexity index is 517. The molecular weight excluding hydrogens is 204 g/mol. The Hall–Kier alpha value is -1.87. The van der Waals surface area contributed by atoms with Crippen molar-refractivity contribution in [3.8, 4) is 5.75 Å². The molecule has 0 saturated heterocycles. The summed E-state index contributed by atoms with van der Waals surface area (Å²) in [6.07, 6.45) is -1.11. The summed E-state index contributed by atoms with van der Waals surface area (Å²) in [7, 11) is 0. The number of ether oxygens (including phenoxy) is 1. The number of aliphatic hydroxyl groups excluding tert-OH is 1. The molecule has 0 spiro atoms. The average Bonchev–Trinajstić information content (AvgIpc) is 2.28. The molecule has 1 N–H and O–H groups in total. The minimum atomic E-state index is -1.11. The van der Waals surface area contributed by atoms with E-state index in [-0.39, 0.29) is 0 Å². The Morgan fingerprint density at radius 1 is 1.19 bits per heavy atom. The van der Waals surface area contributed by atoms with E-state index in [0.29, 0.717) is 5.75 Å². The third-order valence-electron chi connectivity index (χ3n) is 2.28. The van der Waals surface area contributed by atoms with Crippen LogP contribution in [0.25, 0.3) is 10.8 Å². The number of hydrogen-bond acceptors (Lipinski definition) is 3. The van der Waals surface area contributed by atoms with Gasteiger partial charge in [0.1, 0.15) is 11.9 Å². The van der Waals surface area contributed by atoms with Crippen molar-refractivity contribution >= 4 is 16.7 Å². The monoisotopic (exact) mass is 216 g/mol. The third kappa shape index (κ3) is 2.20. The lowest BCUT2D eigenvalue weighted by Gasteiger charge is -2.06. The highest BCUT2D eigenvalue weighted by Crippen LogP contribution is 2.20. The molecule has 0 aromatic heterocycles. The van der Waals surface area contributed by atoms with Gasteiger partial charge in [0.25, 0.3) is 0 Å². The molecule has 0 bridgehead atoms. The second kappa shape index (κ2) is 4.33. The highest BCUT2D eigenvalue weighted by atomic mass is 16.5. The number of carbonyl (C=O) groups is 1. The number of fused-ring (bicyclic) bond motifs is 1. The lowest BCUT2D eigenvalue weighted by atomic mass is 10.1. The third-order valence-corrected chi connectivity index (χ3v) is 2.28. The van der Waals surface area contributed by atoms with Gasteiger partial charge in [0, 0.05) is 0 Å². The Kier molecular flexibility index (Phi) is 2.88. The molecule has 3 heteroatoms. The van der Waals surface area contributed by atoms with Crippen molar-refractivity contribution in [3.05, 3.63) is 42.5 Å². The lowest BCUT2D eigenvalue weighted by Crippen LogP contribution is -2.22. The Morgan fingerprint density at radius 3 is 2.56 bits per heavy atom. The van der Waals surface area contributed by atoms with Crippen LogP contribution in [0.5, 0.6) is 5.75 Å². The van der Waals surface area contributed by atoms with Gasteiger partial charge in [-0.2, -0.15) is 0 Å². The van der Waals surface area contributed by atoms with E-state index in [1.165, 1.54) is 6.92 Å². The number of aliphatic hydroxyl groups is 1. The molecule has 2 aromatic rings. The highest BCUT2D eigenvalue weighted by Gasteiger charge is 2.11. The number of rotatable bonds is 2. The van der Waals surface area contributed by atoms with Crippen LogP contribution in [0.15, 0.2) is 42.5 Å². The summed E-state index contributed by atoms with van der Waals surface area (Å²) < 4.78 is 4.99. The fourth-order valence-corrected chi connectivity index (χ4v) is 1.43. The summed E-state index contributed by atoms with van der Waals surface area (Å²) in [6, 6.07) is 13.1. The van der Waals surface area contributed by atoms with Gasteiger partial charge in [-0.05, 0) is 29.8 Å². The summed E-state index contributed by atoms with van der Waals surface area (Å²) in [4.78, 5) is 11.2. The van der Waals surface area contributed by atoms with Crippen LogP contribution in [-0.2, 0) is 4.79 Å². The molecular formula is C13H12O3. The van der Waals surface area contributed by atoms with E-state index in [0.717, 1.165) is 10.8 Å². The van der Waals surface area contributed by atoms with Gasteiger partial charge in [0.05, 0.1) is 0 Å². The van der Waals surface area contributed by atoms with Crippen molar-refractivity contribution in [2.24, 2.45) is 0 Å². The molecule has 0 aliphatic carbocycles. The molecule has 0 heterocycles. The first kappa shape index (κ1) is 10.6. The van der Waals surface area contributed by atoms with E-state index < -0.39 is 12.1 Å². The molecule has 1 unspecified atom stereocenters. The maximum absolute atomic E-state index is 11.2. The maximum Gasteiger partial charge on any atom is 0.340 e. The first-order chi connectivity index (χ1) is 7.66. The smallest absolute Gasteiger partial charge is 0.340 e. The van der Waals surface area contributed by atoms with E-state index in [1.54, 1.807) is 12.1 Å². The number of hydrogen-bond donors (Lipinski definition) is 1.